The summed E-state index contributed by atoms with van der Waals surface area (Å²) in [4.78, 5) is 15.5. The van der Waals surface area contributed by atoms with Gasteiger partial charge in [-0.3, -0.25) is 4.57 Å². The van der Waals surface area contributed by atoms with Gasteiger partial charge in [-0.05, 0) is 56.3 Å². The number of nitrogens with zero attached hydrogens (tertiary/aromatic N) is 7. The largest absolute Gasteiger partial charge is 0.389 e. The van der Waals surface area contributed by atoms with Crippen LogP contribution in [0.15, 0.2) is 48.8 Å². The minimum absolute atomic E-state index is 0.0740. The molecule has 1 fully saturated rings. The fraction of sp³-hybridized carbons (Fsp3) is 0.292. The Hall–Kier alpha value is -4.03. The number of nitrogens with one attached hydrogen (secondary N) is 1. The molecule has 1 aliphatic rings. The summed E-state index contributed by atoms with van der Waals surface area (Å²) in [6.07, 6.45) is 1.99. The van der Waals surface area contributed by atoms with Crippen molar-refractivity contribution in [2.45, 2.75) is 32.4 Å². The summed E-state index contributed by atoms with van der Waals surface area (Å²) in [6.45, 7) is 10.6. The van der Waals surface area contributed by atoms with Crippen LogP contribution >= 0.6 is 0 Å². The number of aliphatic hydroxyl groups excluding tert-OH is 1. The van der Waals surface area contributed by atoms with Crippen LogP contribution in [0.1, 0.15) is 30.7 Å². The first-order valence-corrected chi connectivity index (χ1v) is 10.9. The van der Waals surface area contributed by atoms with Gasteiger partial charge in [-0.1, -0.05) is 4.85 Å². The fourth-order valence-corrected chi connectivity index (χ4v) is 4.10. The fourth-order valence-electron chi connectivity index (χ4n) is 4.10. The highest BCUT2D eigenvalue weighted by atomic mass is 16.3. The molecule has 4 heterocycles. The molecule has 1 saturated heterocycles. The lowest BCUT2D eigenvalue weighted by molar-refractivity contribution is 0.199. The molecular weight excluding hydrogens is 416 g/mol. The normalized spacial score (nSPS) is 16.7. The van der Waals surface area contributed by atoms with Crippen LogP contribution in [0.25, 0.3) is 21.7 Å². The minimum atomic E-state index is -0.638. The Morgan fingerprint density at radius 2 is 2.06 bits per heavy atom. The smallest absolute Gasteiger partial charge is 0.290 e. The van der Waals surface area contributed by atoms with Gasteiger partial charge in [-0.2, -0.15) is 5.10 Å². The molecule has 0 amide bonds. The lowest BCUT2D eigenvalue weighted by Gasteiger charge is -2.21. The number of pyridine rings is 1. The maximum absolute atomic E-state index is 10.3. The molecule has 1 aliphatic heterocycles. The van der Waals surface area contributed by atoms with Gasteiger partial charge in [0.2, 0.25) is 0 Å². The van der Waals surface area contributed by atoms with Crippen molar-refractivity contribution in [2.24, 2.45) is 0 Å². The molecule has 33 heavy (non-hydrogen) atoms. The van der Waals surface area contributed by atoms with Crippen molar-refractivity contribution in [1.82, 2.24) is 24.7 Å². The van der Waals surface area contributed by atoms with Gasteiger partial charge in [-0.25, -0.2) is 9.97 Å². The van der Waals surface area contributed by atoms with Crippen LogP contribution in [0, 0.1) is 13.5 Å². The second-order valence-electron chi connectivity index (χ2n) is 8.30. The van der Waals surface area contributed by atoms with E-state index in [1.54, 1.807) is 13.3 Å². The highest BCUT2D eigenvalue weighted by molar-refractivity contribution is 5.82. The van der Waals surface area contributed by atoms with E-state index in [-0.39, 0.29) is 6.04 Å². The summed E-state index contributed by atoms with van der Waals surface area (Å²) in [5, 5.41) is 21.9. The average molecular weight is 442 g/mol. The van der Waals surface area contributed by atoms with Crippen molar-refractivity contribution in [3.63, 3.8) is 0 Å². The summed E-state index contributed by atoms with van der Waals surface area (Å²) >= 11 is 0. The van der Waals surface area contributed by atoms with E-state index in [4.69, 9.17) is 11.6 Å². The van der Waals surface area contributed by atoms with Crippen LogP contribution in [-0.4, -0.2) is 49.0 Å². The zero-order valence-corrected chi connectivity index (χ0v) is 18.5. The van der Waals surface area contributed by atoms with Crippen LogP contribution in [0.3, 0.4) is 0 Å². The van der Waals surface area contributed by atoms with Gasteiger partial charge in [0.25, 0.3) is 12.6 Å². The lowest BCUT2D eigenvalue weighted by Crippen LogP contribution is -2.24. The summed E-state index contributed by atoms with van der Waals surface area (Å²) in [5.74, 6) is 2.14. The number of hydrogen-bond donors (Lipinski definition) is 2. The number of aryl methyl sites for hydroxylation is 1. The molecule has 0 radical (unpaired) electrons. The number of fused-ring (bicyclic) bond motifs is 1. The number of imidazole rings is 1. The third-order valence-corrected chi connectivity index (χ3v) is 5.88. The van der Waals surface area contributed by atoms with E-state index < -0.39 is 6.10 Å². The zero-order chi connectivity index (χ0) is 22.9. The molecule has 3 aromatic heterocycles. The predicted octanol–water partition coefficient (Wildman–Crippen LogP) is 3.86. The Morgan fingerprint density at radius 1 is 1.18 bits per heavy atom. The summed E-state index contributed by atoms with van der Waals surface area (Å²) in [7, 11) is 0. The van der Waals surface area contributed by atoms with Gasteiger partial charge >= 0.3 is 0 Å². The molecule has 0 aliphatic carbocycles. The Bertz CT molecular complexity index is 1340. The predicted molar refractivity (Wildman–Crippen MR) is 128 cm³/mol. The van der Waals surface area contributed by atoms with Crippen molar-refractivity contribution in [3.05, 3.63) is 64.9 Å². The number of hydrogen-bond acceptors (Lipinski definition) is 7. The molecule has 4 aromatic rings. The highest BCUT2D eigenvalue weighted by Gasteiger charge is 2.32. The first-order chi connectivity index (χ1) is 16.0. The van der Waals surface area contributed by atoms with Crippen LogP contribution < -0.4 is 10.2 Å². The number of aromatic nitrogens is 5. The van der Waals surface area contributed by atoms with E-state index >= 15 is 0 Å². The Kier molecular flexibility index (Phi) is 5.36. The minimum Gasteiger partial charge on any atom is -0.389 e. The summed E-state index contributed by atoms with van der Waals surface area (Å²) in [5.41, 5.74) is 4.26. The quantitative estimate of drug-likeness (QED) is 0.485. The van der Waals surface area contributed by atoms with E-state index in [9.17, 15) is 5.11 Å². The molecule has 9 heteroatoms. The highest BCUT2D eigenvalue weighted by Crippen LogP contribution is 2.30. The van der Waals surface area contributed by atoms with E-state index in [1.807, 2.05) is 54.0 Å². The second kappa shape index (κ2) is 8.48. The average Bonchev–Trinajstić information content (AvgIpc) is 3.47. The molecule has 166 valence electrons. The number of rotatable bonds is 5. The van der Waals surface area contributed by atoms with Crippen LogP contribution in [0.5, 0.6) is 0 Å². The second-order valence-corrected chi connectivity index (χ2v) is 8.30. The van der Waals surface area contributed by atoms with Crippen molar-refractivity contribution in [1.29, 1.82) is 0 Å². The molecule has 0 saturated carbocycles. The Labute approximate surface area is 191 Å². The SMILES string of the molecule is C#[N+][C@@H]1CCN(c2nc(-n3cnc4ccc(Nc5ccc(C)nn5)cc43)ccc2C(C)O)C1. The molecule has 9 nitrogen and oxygen atoms in total. The van der Waals surface area contributed by atoms with Crippen molar-refractivity contribution < 1.29 is 5.11 Å². The summed E-state index contributed by atoms with van der Waals surface area (Å²) in [6, 6.07) is 13.6. The lowest BCUT2D eigenvalue weighted by atomic mass is 10.1. The number of benzene rings is 1. The van der Waals surface area contributed by atoms with Crippen molar-refractivity contribution >= 4 is 28.4 Å². The molecule has 5 rings (SSSR count). The van der Waals surface area contributed by atoms with Gasteiger partial charge in [-0.15, -0.1) is 5.10 Å². The molecule has 2 N–H and O–H groups in total. The standard InChI is InChI=1S/C24H25N8O/c1-15-4-8-22(30-29-15)27-17-5-7-20-21(12-17)32(14-26-20)23-9-6-19(16(2)33)24(28-23)31-11-10-18(13-31)25-3/h3-9,12,14,16,18,33H,10-11,13H2,1-2H3,(H,27,30)/q+1/t16?,18-/m1/s1. The zero-order valence-electron chi connectivity index (χ0n) is 18.5. The van der Waals surface area contributed by atoms with E-state index in [2.05, 4.69) is 30.2 Å². The van der Waals surface area contributed by atoms with Crippen molar-refractivity contribution in [2.75, 3.05) is 23.3 Å². The van der Waals surface area contributed by atoms with Crippen LogP contribution in [0.4, 0.5) is 17.3 Å². The maximum atomic E-state index is 10.3. The third kappa shape index (κ3) is 4.08. The first kappa shape index (κ1) is 20.8. The van der Waals surface area contributed by atoms with Gasteiger partial charge in [0.15, 0.2) is 5.82 Å². The van der Waals surface area contributed by atoms with E-state index in [0.29, 0.717) is 12.4 Å². The van der Waals surface area contributed by atoms with Gasteiger partial charge in [0.05, 0.1) is 29.4 Å². The summed E-state index contributed by atoms with van der Waals surface area (Å²) < 4.78 is 1.94. The Morgan fingerprint density at radius 3 is 2.79 bits per heavy atom. The van der Waals surface area contributed by atoms with E-state index in [0.717, 1.165) is 52.6 Å². The Balaban J connectivity index is 1.52. The molecule has 0 spiro atoms. The van der Waals surface area contributed by atoms with Crippen LogP contribution in [-0.2, 0) is 0 Å². The topological polar surface area (TPSA) is 96.4 Å². The first-order valence-electron chi connectivity index (χ1n) is 10.9. The van der Waals surface area contributed by atoms with Crippen LogP contribution in [0.2, 0.25) is 0 Å². The molecule has 2 atom stereocenters. The number of anilines is 3. The molecule has 1 aromatic carbocycles. The maximum Gasteiger partial charge on any atom is 0.290 e. The van der Waals surface area contributed by atoms with Gasteiger partial charge < -0.3 is 15.3 Å². The van der Waals surface area contributed by atoms with Gasteiger partial charge in [0.1, 0.15) is 18.0 Å². The third-order valence-electron chi connectivity index (χ3n) is 5.88. The van der Waals surface area contributed by atoms with E-state index in [1.165, 1.54) is 0 Å². The monoisotopic (exact) mass is 441 g/mol. The molecular formula is C24H25N8O+. The molecule has 1 unspecified atom stereocenters. The van der Waals surface area contributed by atoms with Crippen molar-refractivity contribution in [3.8, 4) is 12.4 Å². The number of aliphatic hydroxyl groups is 1. The van der Waals surface area contributed by atoms with Gasteiger partial charge in [0, 0.05) is 24.2 Å². The molecule has 0 bridgehead atoms.